The summed E-state index contributed by atoms with van der Waals surface area (Å²) in [6.07, 6.45) is 0. The lowest BCUT2D eigenvalue weighted by Crippen LogP contribution is -1.72. The standard InChI is InChI=1S/C8H8O2/c1-4-3-6-8(10-6)5(2)7(4)9/h3,9H,1-2H3. The van der Waals surface area contributed by atoms with Gasteiger partial charge in [0.2, 0.25) is 0 Å². The molecule has 0 fully saturated rings. The number of ether oxygens (including phenoxy) is 1. The molecular weight excluding hydrogens is 128 g/mol. The van der Waals surface area contributed by atoms with Gasteiger partial charge in [-0.1, -0.05) is 0 Å². The molecule has 1 aromatic rings. The first kappa shape index (κ1) is 5.59. The van der Waals surface area contributed by atoms with E-state index in [1.165, 1.54) is 0 Å². The molecule has 1 aliphatic heterocycles. The number of fused-ring (bicyclic) bond motifs is 1. The fraction of sp³-hybridized carbons (Fsp3) is 0.250. The maximum atomic E-state index is 9.34. The molecule has 0 amide bonds. The highest BCUT2D eigenvalue weighted by Gasteiger charge is 2.25. The minimum absolute atomic E-state index is 0.358. The maximum Gasteiger partial charge on any atom is 0.176 e. The van der Waals surface area contributed by atoms with Crippen molar-refractivity contribution in [1.29, 1.82) is 0 Å². The minimum atomic E-state index is 0.358. The minimum Gasteiger partial charge on any atom is -0.507 e. The van der Waals surface area contributed by atoms with Crippen molar-refractivity contribution in [3.05, 3.63) is 17.2 Å². The van der Waals surface area contributed by atoms with Crippen LogP contribution in [0.2, 0.25) is 0 Å². The zero-order valence-electron chi connectivity index (χ0n) is 5.93. The summed E-state index contributed by atoms with van der Waals surface area (Å²) < 4.78 is 5.07. The summed E-state index contributed by atoms with van der Waals surface area (Å²) in [5, 5.41) is 9.34. The van der Waals surface area contributed by atoms with Crippen molar-refractivity contribution in [2.24, 2.45) is 0 Å². The molecule has 1 aromatic carbocycles. The third kappa shape index (κ3) is 0.533. The first-order chi connectivity index (χ1) is 4.70. The molecule has 0 atom stereocenters. The van der Waals surface area contributed by atoms with Crippen molar-refractivity contribution in [2.75, 3.05) is 0 Å². The van der Waals surface area contributed by atoms with Gasteiger partial charge in [-0.2, -0.15) is 0 Å². The van der Waals surface area contributed by atoms with Crippen LogP contribution < -0.4 is 4.74 Å². The summed E-state index contributed by atoms with van der Waals surface area (Å²) in [5.74, 6) is 2.12. The number of benzene rings is 1. The Labute approximate surface area is 59.1 Å². The maximum absolute atomic E-state index is 9.34. The van der Waals surface area contributed by atoms with Gasteiger partial charge in [0.1, 0.15) is 5.75 Å². The number of hydrogen-bond donors (Lipinski definition) is 1. The van der Waals surface area contributed by atoms with Crippen molar-refractivity contribution in [1.82, 2.24) is 0 Å². The third-order valence-corrected chi connectivity index (χ3v) is 1.81. The molecule has 1 heterocycles. The van der Waals surface area contributed by atoms with Crippen LogP contribution in [0.25, 0.3) is 0 Å². The lowest BCUT2D eigenvalue weighted by Gasteiger charge is -1.95. The fourth-order valence-corrected chi connectivity index (χ4v) is 1.11. The summed E-state index contributed by atoms with van der Waals surface area (Å²) in [6.45, 7) is 3.72. The Morgan fingerprint density at radius 1 is 1.40 bits per heavy atom. The second-order valence-corrected chi connectivity index (χ2v) is 2.60. The number of rotatable bonds is 0. The molecule has 0 spiro atoms. The Balaban J connectivity index is 2.73. The normalized spacial score (nSPS) is 12.2. The van der Waals surface area contributed by atoms with Gasteiger partial charge in [0.15, 0.2) is 11.5 Å². The van der Waals surface area contributed by atoms with E-state index in [9.17, 15) is 5.11 Å². The molecule has 0 bridgehead atoms. The van der Waals surface area contributed by atoms with Crippen molar-refractivity contribution in [2.45, 2.75) is 13.8 Å². The summed E-state index contributed by atoms with van der Waals surface area (Å²) in [4.78, 5) is 0. The second kappa shape index (κ2) is 1.45. The monoisotopic (exact) mass is 136 g/mol. The summed E-state index contributed by atoms with van der Waals surface area (Å²) in [5.41, 5.74) is 1.74. The van der Waals surface area contributed by atoms with Crippen LogP contribution in [0.1, 0.15) is 11.1 Å². The van der Waals surface area contributed by atoms with E-state index in [0.717, 1.165) is 22.6 Å². The molecule has 0 saturated carbocycles. The van der Waals surface area contributed by atoms with E-state index in [4.69, 9.17) is 4.74 Å². The molecule has 0 aromatic heterocycles. The van der Waals surface area contributed by atoms with Crippen LogP contribution in [0, 0.1) is 13.8 Å². The number of hydrogen-bond acceptors (Lipinski definition) is 2. The van der Waals surface area contributed by atoms with Crippen LogP contribution in [0.4, 0.5) is 0 Å². The van der Waals surface area contributed by atoms with Gasteiger partial charge in [0, 0.05) is 5.56 Å². The molecule has 1 aliphatic rings. The highest BCUT2D eigenvalue weighted by molar-refractivity contribution is 5.65. The molecule has 0 aliphatic carbocycles. The van der Waals surface area contributed by atoms with Crippen LogP contribution in [0.3, 0.4) is 0 Å². The SMILES string of the molecule is Cc1cc2c(c(C)c1O)O2. The lowest BCUT2D eigenvalue weighted by atomic mass is 10.1. The largest absolute Gasteiger partial charge is 0.507 e. The average molecular weight is 136 g/mol. The number of aromatic hydroxyl groups is 1. The summed E-state index contributed by atoms with van der Waals surface area (Å²) in [6, 6.07) is 1.84. The van der Waals surface area contributed by atoms with Crippen molar-refractivity contribution < 1.29 is 9.84 Å². The van der Waals surface area contributed by atoms with Gasteiger partial charge in [-0.15, -0.1) is 0 Å². The summed E-state index contributed by atoms with van der Waals surface area (Å²) in [7, 11) is 0. The smallest absolute Gasteiger partial charge is 0.176 e. The van der Waals surface area contributed by atoms with Crippen LogP contribution in [-0.4, -0.2) is 5.11 Å². The average Bonchev–Trinajstić information content (AvgIpc) is 2.62. The molecule has 10 heavy (non-hydrogen) atoms. The third-order valence-electron chi connectivity index (χ3n) is 1.81. The van der Waals surface area contributed by atoms with E-state index >= 15 is 0 Å². The lowest BCUT2D eigenvalue weighted by molar-refractivity contribution is 0.466. The molecule has 2 heteroatoms. The molecule has 0 saturated heterocycles. The molecule has 2 nitrogen and oxygen atoms in total. The van der Waals surface area contributed by atoms with E-state index in [2.05, 4.69) is 0 Å². The fourth-order valence-electron chi connectivity index (χ4n) is 1.11. The Kier molecular flexibility index (Phi) is 0.813. The van der Waals surface area contributed by atoms with Crippen molar-refractivity contribution >= 4 is 0 Å². The molecule has 2 rings (SSSR count). The predicted molar refractivity (Wildman–Crippen MR) is 37.7 cm³/mol. The molecule has 52 valence electrons. The van der Waals surface area contributed by atoms with Crippen molar-refractivity contribution in [3.8, 4) is 17.2 Å². The van der Waals surface area contributed by atoms with Crippen LogP contribution in [0.5, 0.6) is 17.2 Å². The number of aryl methyl sites for hydroxylation is 1. The first-order valence-corrected chi connectivity index (χ1v) is 3.21. The van der Waals surface area contributed by atoms with E-state index < -0.39 is 0 Å². The van der Waals surface area contributed by atoms with Crippen LogP contribution in [0.15, 0.2) is 6.07 Å². The molecule has 1 N–H and O–H groups in total. The highest BCUT2D eigenvalue weighted by Crippen LogP contribution is 2.51. The Hall–Kier alpha value is -1.18. The van der Waals surface area contributed by atoms with Gasteiger partial charge < -0.3 is 9.84 Å². The van der Waals surface area contributed by atoms with Gasteiger partial charge in [0.05, 0.1) is 0 Å². The zero-order valence-corrected chi connectivity index (χ0v) is 5.93. The highest BCUT2D eigenvalue weighted by atomic mass is 16.6. The Bertz CT molecular complexity index is 300. The molecule has 0 unspecified atom stereocenters. The number of phenolic OH excluding ortho intramolecular Hbond substituents is 1. The quantitative estimate of drug-likeness (QED) is 0.562. The molecular formula is C8H8O2. The molecule has 0 radical (unpaired) electrons. The van der Waals surface area contributed by atoms with Gasteiger partial charge >= 0.3 is 0 Å². The van der Waals surface area contributed by atoms with E-state index in [1.54, 1.807) is 0 Å². The Morgan fingerprint density at radius 2 is 2.10 bits per heavy atom. The zero-order chi connectivity index (χ0) is 7.30. The van der Waals surface area contributed by atoms with Gasteiger partial charge in [-0.05, 0) is 25.5 Å². The second-order valence-electron chi connectivity index (χ2n) is 2.60. The predicted octanol–water partition coefficient (Wildman–Crippen LogP) is 2.11. The van der Waals surface area contributed by atoms with E-state index in [-0.39, 0.29) is 0 Å². The summed E-state index contributed by atoms with van der Waals surface area (Å²) >= 11 is 0. The van der Waals surface area contributed by atoms with E-state index in [0.29, 0.717) is 5.75 Å². The van der Waals surface area contributed by atoms with Crippen molar-refractivity contribution in [3.63, 3.8) is 0 Å². The van der Waals surface area contributed by atoms with Gasteiger partial charge in [-0.25, -0.2) is 0 Å². The number of phenols is 1. The van der Waals surface area contributed by atoms with Gasteiger partial charge in [-0.3, -0.25) is 0 Å². The topological polar surface area (TPSA) is 32.8 Å². The van der Waals surface area contributed by atoms with Crippen LogP contribution >= 0.6 is 0 Å². The van der Waals surface area contributed by atoms with E-state index in [1.807, 2.05) is 19.9 Å². The van der Waals surface area contributed by atoms with Crippen LogP contribution in [-0.2, 0) is 0 Å². The first-order valence-electron chi connectivity index (χ1n) is 3.21. The van der Waals surface area contributed by atoms with Gasteiger partial charge in [0.25, 0.3) is 0 Å². The Morgan fingerprint density at radius 3 is 2.80 bits per heavy atom.